The van der Waals surface area contributed by atoms with Crippen molar-refractivity contribution in [2.24, 2.45) is 0 Å². The van der Waals surface area contributed by atoms with Crippen LogP contribution >= 0.6 is 0 Å². The number of anilines is 3. The summed E-state index contributed by atoms with van der Waals surface area (Å²) < 4.78 is 11.8. The van der Waals surface area contributed by atoms with Gasteiger partial charge in [-0.2, -0.15) is 0 Å². The van der Waals surface area contributed by atoms with Gasteiger partial charge in [-0.15, -0.1) is 0 Å². The van der Waals surface area contributed by atoms with Crippen molar-refractivity contribution < 1.29 is 4.21 Å². The van der Waals surface area contributed by atoms with Crippen LogP contribution in [0, 0.1) is 11.8 Å². The topological polar surface area (TPSA) is 79.8 Å². The quantitative estimate of drug-likeness (QED) is 0.598. The van der Waals surface area contributed by atoms with Crippen molar-refractivity contribution in [2.75, 3.05) is 16.9 Å². The van der Waals surface area contributed by atoms with E-state index in [0.717, 1.165) is 10.6 Å². The van der Waals surface area contributed by atoms with Gasteiger partial charge in [0.2, 0.25) is 0 Å². The third-order valence-corrected chi connectivity index (χ3v) is 4.75. The third-order valence-electron chi connectivity index (χ3n) is 3.83. The predicted molar refractivity (Wildman–Crippen MR) is 119 cm³/mol. The van der Waals surface area contributed by atoms with Gasteiger partial charge in [-0.05, 0) is 57.0 Å². The second-order valence-electron chi connectivity index (χ2n) is 6.65. The Balaban J connectivity index is 2.01. The second-order valence-corrected chi connectivity index (χ2v) is 8.03. The van der Waals surface area contributed by atoms with Crippen LogP contribution in [0.5, 0.6) is 0 Å². The lowest BCUT2D eigenvalue weighted by atomic mass is 10.2. The highest BCUT2D eigenvalue weighted by Crippen LogP contribution is 2.23. The zero-order chi connectivity index (χ0) is 20.8. The fraction of sp³-hybridized carbons (Fsp3) is 0.227. The summed E-state index contributed by atoms with van der Waals surface area (Å²) in [6.45, 7) is 5.87. The molecule has 29 heavy (non-hydrogen) atoms. The van der Waals surface area contributed by atoms with E-state index in [9.17, 15) is 4.21 Å². The standard InChI is InChI=1S/C22H23N5OS/c1-5-8-16-9-7-12-19(24-16)22-26-20(23-15(2)3)14-21(27-22)25-17-10-6-11-18(13-17)29(4)28/h6-7,9-15H,1-4H3,(H2,23,25,26,27). The summed E-state index contributed by atoms with van der Waals surface area (Å²) in [7, 11) is -1.06. The van der Waals surface area contributed by atoms with Crippen LogP contribution in [-0.4, -0.2) is 31.5 Å². The molecular weight excluding hydrogens is 382 g/mol. The number of aromatic nitrogens is 3. The third kappa shape index (κ3) is 5.62. The Morgan fingerprint density at radius 2 is 1.76 bits per heavy atom. The average molecular weight is 406 g/mol. The van der Waals surface area contributed by atoms with Gasteiger partial charge in [-0.1, -0.05) is 18.1 Å². The van der Waals surface area contributed by atoms with Crippen molar-refractivity contribution in [3.63, 3.8) is 0 Å². The summed E-state index contributed by atoms with van der Waals surface area (Å²) in [5, 5.41) is 6.60. The first kappa shape index (κ1) is 20.5. The Morgan fingerprint density at radius 3 is 2.48 bits per heavy atom. The molecule has 1 unspecified atom stereocenters. The van der Waals surface area contributed by atoms with Crippen LogP contribution in [0.25, 0.3) is 11.5 Å². The van der Waals surface area contributed by atoms with Gasteiger partial charge < -0.3 is 10.6 Å². The molecule has 0 saturated heterocycles. The molecule has 2 N–H and O–H groups in total. The van der Waals surface area contributed by atoms with Crippen molar-refractivity contribution in [3.05, 3.63) is 54.2 Å². The summed E-state index contributed by atoms with van der Waals surface area (Å²) in [5.74, 6) is 7.62. The fourth-order valence-corrected chi connectivity index (χ4v) is 3.22. The van der Waals surface area contributed by atoms with Crippen LogP contribution in [0.1, 0.15) is 26.5 Å². The van der Waals surface area contributed by atoms with Crippen molar-refractivity contribution in [3.8, 4) is 23.4 Å². The lowest BCUT2D eigenvalue weighted by Crippen LogP contribution is -2.12. The number of nitrogens with one attached hydrogen (secondary N) is 2. The van der Waals surface area contributed by atoms with Crippen molar-refractivity contribution >= 4 is 28.1 Å². The van der Waals surface area contributed by atoms with Gasteiger partial charge in [0.05, 0.1) is 0 Å². The number of benzene rings is 1. The molecule has 148 valence electrons. The lowest BCUT2D eigenvalue weighted by Gasteiger charge is -2.13. The summed E-state index contributed by atoms with van der Waals surface area (Å²) >= 11 is 0. The van der Waals surface area contributed by atoms with E-state index in [-0.39, 0.29) is 6.04 Å². The first-order valence-corrected chi connectivity index (χ1v) is 10.8. The van der Waals surface area contributed by atoms with Crippen LogP contribution in [0.3, 0.4) is 0 Å². The molecule has 0 fully saturated rings. The monoisotopic (exact) mass is 405 g/mol. The van der Waals surface area contributed by atoms with Crippen LogP contribution in [0.4, 0.5) is 17.3 Å². The highest BCUT2D eigenvalue weighted by Gasteiger charge is 2.10. The van der Waals surface area contributed by atoms with Gasteiger partial charge in [0.1, 0.15) is 23.0 Å². The number of pyridine rings is 1. The number of rotatable bonds is 6. The van der Waals surface area contributed by atoms with Crippen LogP contribution in [-0.2, 0) is 10.8 Å². The van der Waals surface area contributed by atoms with Crippen LogP contribution in [0.15, 0.2) is 53.4 Å². The summed E-state index contributed by atoms with van der Waals surface area (Å²) in [6, 6.07) is 15.1. The Labute approximate surface area is 173 Å². The van der Waals surface area contributed by atoms with E-state index in [4.69, 9.17) is 0 Å². The fourth-order valence-electron chi connectivity index (χ4n) is 2.65. The van der Waals surface area contributed by atoms with E-state index in [0.29, 0.717) is 28.8 Å². The molecule has 6 nitrogen and oxygen atoms in total. The average Bonchev–Trinajstić information content (AvgIpc) is 2.68. The normalized spacial score (nSPS) is 11.5. The molecule has 2 aromatic heterocycles. The zero-order valence-corrected chi connectivity index (χ0v) is 17.7. The maximum Gasteiger partial charge on any atom is 0.182 e. The number of nitrogens with zero attached hydrogens (tertiary/aromatic N) is 3. The zero-order valence-electron chi connectivity index (χ0n) is 16.9. The second kappa shape index (κ2) is 9.30. The Bertz CT molecular complexity index is 1100. The molecule has 1 atom stereocenters. The smallest absolute Gasteiger partial charge is 0.182 e. The van der Waals surface area contributed by atoms with E-state index in [2.05, 4.69) is 37.4 Å². The first-order valence-electron chi connectivity index (χ1n) is 9.21. The van der Waals surface area contributed by atoms with E-state index >= 15 is 0 Å². The number of hydrogen-bond donors (Lipinski definition) is 2. The highest BCUT2D eigenvalue weighted by molar-refractivity contribution is 7.84. The van der Waals surface area contributed by atoms with Crippen molar-refractivity contribution in [1.82, 2.24) is 15.0 Å². The van der Waals surface area contributed by atoms with Crippen LogP contribution in [0.2, 0.25) is 0 Å². The maximum absolute atomic E-state index is 11.8. The largest absolute Gasteiger partial charge is 0.368 e. The minimum atomic E-state index is -1.06. The van der Waals surface area contributed by atoms with Crippen molar-refractivity contribution in [2.45, 2.75) is 31.7 Å². The van der Waals surface area contributed by atoms with Crippen LogP contribution < -0.4 is 10.6 Å². The molecule has 0 aliphatic carbocycles. The molecule has 0 aliphatic heterocycles. The SMILES string of the molecule is CC#Cc1cccc(-c2nc(Nc3cccc(S(C)=O)c3)cc(NC(C)C)n2)n1. The molecule has 1 aromatic carbocycles. The molecule has 0 bridgehead atoms. The summed E-state index contributed by atoms with van der Waals surface area (Å²) in [6.07, 6.45) is 1.66. The molecule has 0 amide bonds. The minimum Gasteiger partial charge on any atom is -0.368 e. The van der Waals surface area contributed by atoms with Gasteiger partial charge in [0.15, 0.2) is 5.82 Å². The van der Waals surface area contributed by atoms with E-state index in [1.807, 2.05) is 62.4 Å². The van der Waals surface area contributed by atoms with E-state index < -0.39 is 10.8 Å². The molecule has 0 spiro atoms. The Hall–Kier alpha value is -3.24. The van der Waals surface area contributed by atoms with Crippen molar-refractivity contribution in [1.29, 1.82) is 0 Å². The van der Waals surface area contributed by atoms with Gasteiger partial charge in [-0.3, -0.25) is 4.21 Å². The maximum atomic E-state index is 11.8. The van der Waals surface area contributed by atoms with E-state index in [1.54, 1.807) is 13.2 Å². The molecule has 3 rings (SSSR count). The number of hydrogen-bond acceptors (Lipinski definition) is 6. The summed E-state index contributed by atoms with van der Waals surface area (Å²) in [5.41, 5.74) is 2.11. The molecule has 2 heterocycles. The molecule has 7 heteroatoms. The summed E-state index contributed by atoms with van der Waals surface area (Å²) in [4.78, 5) is 14.5. The molecular formula is C22H23N5OS. The van der Waals surface area contributed by atoms with Gasteiger partial charge in [-0.25, -0.2) is 15.0 Å². The lowest BCUT2D eigenvalue weighted by molar-refractivity contribution is 0.687. The molecule has 0 radical (unpaired) electrons. The minimum absolute atomic E-state index is 0.210. The Morgan fingerprint density at radius 1 is 1.00 bits per heavy atom. The first-order chi connectivity index (χ1) is 13.9. The highest BCUT2D eigenvalue weighted by atomic mass is 32.2. The molecule has 0 aliphatic rings. The van der Waals surface area contributed by atoms with E-state index in [1.165, 1.54) is 0 Å². The predicted octanol–water partition coefficient (Wildman–Crippen LogP) is 4.21. The molecule has 0 saturated carbocycles. The van der Waals surface area contributed by atoms with Gasteiger partial charge in [0.25, 0.3) is 0 Å². The van der Waals surface area contributed by atoms with Gasteiger partial charge >= 0.3 is 0 Å². The molecule has 3 aromatic rings. The Kier molecular flexibility index (Phi) is 6.57. The van der Waals surface area contributed by atoms with Gasteiger partial charge in [0, 0.05) is 39.7 Å².